The maximum Gasteiger partial charge on any atom is 0.328 e. The molecule has 4 nitrogen and oxygen atoms in total. The lowest BCUT2D eigenvalue weighted by Crippen LogP contribution is -2.46. The van der Waals surface area contributed by atoms with E-state index in [0.717, 1.165) is 39.3 Å². The van der Waals surface area contributed by atoms with E-state index >= 15 is 0 Å². The smallest absolute Gasteiger partial charge is 0.328 e. The van der Waals surface area contributed by atoms with E-state index in [1.165, 1.54) is 6.08 Å². The molecule has 0 aromatic heterocycles. The Morgan fingerprint density at radius 3 is 2.36 bits per heavy atom. The van der Waals surface area contributed by atoms with Crippen molar-refractivity contribution < 1.29 is 9.90 Å². The lowest BCUT2D eigenvalue weighted by atomic mass is 10.3. The molecule has 0 aliphatic carbocycles. The zero-order valence-corrected chi connectivity index (χ0v) is 8.65. The quantitative estimate of drug-likeness (QED) is 0.658. The molecule has 0 amide bonds. The molecule has 4 heteroatoms. The molecule has 0 saturated carbocycles. The fourth-order valence-corrected chi connectivity index (χ4v) is 1.59. The molecule has 1 aliphatic heterocycles. The Kier molecular flexibility index (Phi) is 4.62. The van der Waals surface area contributed by atoms with Gasteiger partial charge in [-0.05, 0) is 6.54 Å². The molecule has 0 aromatic carbocycles. The molecule has 1 heterocycles. The van der Waals surface area contributed by atoms with Crippen molar-refractivity contribution in [2.24, 2.45) is 0 Å². The summed E-state index contributed by atoms with van der Waals surface area (Å²) in [7, 11) is 0. The van der Waals surface area contributed by atoms with E-state index in [1.54, 1.807) is 6.08 Å². The molecule has 1 saturated heterocycles. The van der Waals surface area contributed by atoms with Crippen molar-refractivity contribution in [1.82, 2.24) is 9.80 Å². The minimum atomic E-state index is -0.864. The molecule has 14 heavy (non-hydrogen) atoms. The molecular weight excluding hydrogens is 180 g/mol. The molecule has 0 atom stereocenters. The first kappa shape index (κ1) is 11.2. The number of hydrogen-bond donors (Lipinski definition) is 1. The van der Waals surface area contributed by atoms with Crippen LogP contribution in [-0.2, 0) is 4.79 Å². The van der Waals surface area contributed by atoms with E-state index in [0.29, 0.717) is 0 Å². The van der Waals surface area contributed by atoms with Crippen molar-refractivity contribution >= 4 is 5.97 Å². The molecule has 1 rings (SSSR count). The highest BCUT2D eigenvalue weighted by atomic mass is 16.4. The van der Waals surface area contributed by atoms with Crippen molar-refractivity contribution in [3.05, 3.63) is 12.2 Å². The third-order valence-electron chi connectivity index (χ3n) is 2.54. The Labute approximate surface area is 84.8 Å². The van der Waals surface area contributed by atoms with Gasteiger partial charge < -0.3 is 10.0 Å². The van der Waals surface area contributed by atoms with Crippen molar-refractivity contribution in [2.75, 3.05) is 39.3 Å². The van der Waals surface area contributed by atoms with Gasteiger partial charge in [-0.15, -0.1) is 0 Å². The molecule has 0 bridgehead atoms. The third-order valence-corrected chi connectivity index (χ3v) is 2.54. The zero-order valence-electron chi connectivity index (χ0n) is 8.65. The number of nitrogens with zero attached hydrogens (tertiary/aromatic N) is 2. The molecule has 0 spiro atoms. The summed E-state index contributed by atoms with van der Waals surface area (Å²) in [5, 5.41) is 8.41. The molecule has 1 aliphatic rings. The van der Waals surface area contributed by atoms with Crippen molar-refractivity contribution in [3.63, 3.8) is 0 Å². The van der Waals surface area contributed by atoms with Crippen LogP contribution in [-0.4, -0.2) is 60.1 Å². The standard InChI is InChI=1S/C10H18N2O2/c1-2-11-6-8-12(9-7-11)5-3-4-10(13)14/h3-4H,2,5-9H2,1H3,(H,13,14). The van der Waals surface area contributed by atoms with Gasteiger partial charge in [-0.2, -0.15) is 0 Å². The number of rotatable bonds is 4. The summed E-state index contributed by atoms with van der Waals surface area (Å²) in [6.07, 6.45) is 2.93. The van der Waals surface area contributed by atoms with Gasteiger partial charge >= 0.3 is 5.97 Å². The molecule has 1 N–H and O–H groups in total. The molecule has 1 fully saturated rings. The highest BCUT2D eigenvalue weighted by Crippen LogP contribution is 2.00. The Bertz CT molecular complexity index is 208. The van der Waals surface area contributed by atoms with E-state index in [2.05, 4.69) is 16.7 Å². The normalized spacial score (nSPS) is 20.4. The number of carbonyl (C=O) groups is 1. The number of hydrogen-bond acceptors (Lipinski definition) is 3. The third kappa shape index (κ3) is 3.89. The summed E-state index contributed by atoms with van der Waals surface area (Å²) in [4.78, 5) is 14.9. The minimum absolute atomic E-state index is 0.754. The predicted molar refractivity (Wildman–Crippen MR) is 55.3 cm³/mol. The van der Waals surface area contributed by atoms with Crippen LogP contribution in [0.3, 0.4) is 0 Å². The van der Waals surface area contributed by atoms with Gasteiger partial charge in [0.2, 0.25) is 0 Å². The minimum Gasteiger partial charge on any atom is -0.478 e. The van der Waals surface area contributed by atoms with Crippen LogP contribution in [0, 0.1) is 0 Å². The molecule has 0 radical (unpaired) electrons. The number of likely N-dealkylation sites (N-methyl/N-ethyl adjacent to an activating group) is 1. The first-order chi connectivity index (χ1) is 6.72. The van der Waals surface area contributed by atoms with Crippen molar-refractivity contribution in [3.8, 4) is 0 Å². The maximum atomic E-state index is 10.2. The zero-order chi connectivity index (χ0) is 10.4. The van der Waals surface area contributed by atoms with Crippen LogP contribution < -0.4 is 0 Å². The maximum absolute atomic E-state index is 10.2. The fourth-order valence-electron chi connectivity index (χ4n) is 1.59. The average Bonchev–Trinajstić information content (AvgIpc) is 2.18. The van der Waals surface area contributed by atoms with Crippen molar-refractivity contribution in [2.45, 2.75) is 6.92 Å². The highest BCUT2D eigenvalue weighted by molar-refractivity contribution is 5.79. The number of carboxylic acids is 1. The predicted octanol–water partition coefficient (Wildman–Crippen LogP) is 0.265. The Morgan fingerprint density at radius 2 is 1.86 bits per heavy atom. The van der Waals surface area contributed by atoms with Crippen LogP contribution in [0.1, 0.15) is 6.92 Å². The van der Waals surface area contributed by atoms with Crippen LogP contribution in [0.2, 0.25) is 0 Å². The first-order valence-electron chi connectivity index (χ1n) is 5.06. The summed E-state index contributed by atoms with van der Waals surface area (Å²) < 4.78 is 0. The van der Waals surface area contributed by atoms with E-state index in [4.69, 9.17) is 5.11 Å². The van der Waals surface area contributed by atoms with Gasteiger partial charge in [-0.25, -0.2) is 4.79 Å². The first-order valence-corrected chi connectivity index (χ1v) is 5.06. The van der Waals surface area contributed by atoms with E-state index in [9.17, 15) is 4.79 Å². The monoisotopic (exact) mass is 198 g/mol. The summed E-state index contributed by atoms with van der Waals surface area (Å²) >= 11 is 0. The van der Waals surface area contributed by atoms with E-state index in [-0.39, 0.29) is 0 Å². The van der Waals surface area contributed by atoms with Crippen LogP contribution >= 0.6 is 0 Å². The lowest BCUT2D eigenvalue weighted by Gasteiger charge is -2.33. The van der Waals surface area contributed by atoms with Crippen LogP contribution in [0.15, 0.2) is 12.2 Å². The second-order valence-corrected chi connectivity index (χ2v) is 3.48. The highest BCUT2D eigenvalue weighted by Gasteiger charge is 2.13. The Hall–Kier alpha value is -0.870. The summed E-state index contributed by atoms with van der Waals surface area (Å²) in [6, 6.07) is 0. The van der Waals surface area contributed by atoms with Gasteiger partial charge in [0.05, 0.1) is 0 Å². The molecule has 0 unspecified atom stereocenters. The Morgan fingerprint density at radius 1 is 1.29 bits per heavy atom. The largest absolute Gasteiger partial charge is 0.478 e. The van der Waals surface area contributed by atoms with E-state index < -0.39 is 5.97 Å². The van der Waals surface area contributed by atoms with Gasteiger partial charge in [0.15, 0.2) is 0 Å². The van der Waals surface area contributed by atoms with Gasteiger partial charge in [-0.1, -0.05) is 13.0 Å². The molecule has 0 aromatic rings. The van der Waals surface area contributed by atoms with Crippen molar-refractivity contribution in [1.29, 1.82) is 0 Å². The molecule has 80 valence electrons. The summed E-state index contributed by atoms with van der Waals surface area (Å²) in [6.45, 7) is 8.30. The Balaban J connectivity index is 2.19. The lowest BCUT2D eigenvalue weighted by molar-refractivity contribution is -0.131. The fraction of sp³-hybridized carbons (Fsp3) is 0.700. The van der Waals surface area contributed by atoms with Gasteiger partial charge in [0, 0.05) is 38.8 Å². The van der Waals surface area contributed by atoms with Crippen LogP contribution in [0.25, 0.3) is 0 Å². The SMILES string of the molecule is CCN1CCN(CC=CC(=O)O)CC1. The molecular formula is C10H18N2O2. The second-order valence-electron chi connectivity index (χ2n) is 3.48. The van der Waals surface area contributed by atoms with Crippen LogP contribution in [0.5, 0.6) is 0 Å². The van der Waals surface area contributed by atoms with Crippen LogP contribution in [0.4, 0.5) is 0 Å². The average molecular weight is 198 g/mol. The second kappa shape index (κ2) is 5.78. The number of carboxylic acid groups (broad SMARTS) is 1. The topological polar surface area (TPSA) is 43.8 Å². The number of aliphatic carboxylic acids is 1. The van der Waals surface area contributed by atoms with E-state index in [1.807, 2.05) is 0 Å². The van der Waals surface area contributed by atoms with Gasteiger partial charge in [0.25, 0.3) is 0 Å². The van der Waals surface area contributed by atoms with Gasteiger partial charge in [0.1, 0.15) is 0 Å². The van der Waals surface area contributed by atoms with Gasteiger partial charge in [-0.3, -0.25) is 4.90 Å². The summed E-state index contributed by atoms with van der Waals surface area (Å²) in [5.74, 6) is -0.864. The number of piperazine rings is 1. The summed E-state index contributed by atoms with van der Waals surface area (Å²) in [5.41, 5.74) is 0.